The normalized spacial score (nSPS) is 9.57. The summed E-state index contributed by atoms with van der Waals surface area (Å²) in [5, 5.41) is 0. The molecule has 0 aliphatic heterocycles. The summed E-state index contributed by atoms with van der Waals surface area (Å²) in [7, 11) is -4.45. The van der Waals surface area contributed by atoms with Crippen molar-refractivity contribution in [3.8, 4) is 0 Å². The molecule has 0 saturated carbocycles. The first-order valence-electron chi connectivity index (χ1n) is 3.45. The van der Waals surface area contributed by atoms with Gasteiger partial charge in [0, 0.05) is 6.08 Å². The van der Waals surface area contributed by atoms with Gasteiger partial charge in [-0.15, -0.1) is 13.2 Å². The van der Waals surface area contributed by atoms with Crippen LogP contribution in [-0.2, 0) is 18.6 Å². The van der Waals surface area contributed by atoms with E-state index in [9.17, 15) is 9.36 Å². The van der Waals surface area contributed by atoms with Crippen LogP contribution in [0.1, 0.15) is 0 Å². The Balaban J connectivity index is 0. The molecule has 0 unspecified atom stereocenters. The molecule has 2 N–H and O–H groups in total. The van der Waals surface area contributed by atoms with Crippen molar-refractivity contribution in [2.75, 3.05) is 13.2 Å². The third-order valence-electron chi connectivity index (χ3n) is 0.754. The van der Waals surface area contributed by atoms with Crippen LogP contribution < -0.4 is 0 Å². The molecule has 7 heteroatoms. The highest BCUT2D eigenvalue weighted by molar-refractivity contribution is 7.46. The summed E-state index contributed by atoms with van der Waals surface area (Å²) in [6, 6.07) is 0. The number of rotatable bonds is 5. The molecule has 0 bridgehead atoms. The molecule has 0 amide bonds. The van der Waals surface area contributed by atoms with Gasteiger partial charge in [0.25, 0.3) is 0 Å². The first kappa shape index (κ1) is 15.5. The number of carbonyl (C=O) groups is 1. The van der Waals surface area contributed by atoms with E-state index >= 15 is 0 Å². The molecule has 0 rings (SSSR count). The van der Waals surface area contributed by atoms with Crippen molar-refractivity contribution in [3.05, 3.63) is 25.8 Å². The molecule has 0 aliphatic rings. The van der Waals surface area contributed by atoms with Gasteiger partial charge in [-0.3, -0.25) is 4.52 Å². The van der Waals surface area contributed by atoms with E-state index in [4.69, 9.17) is 9.79 Å². The van der Waals surface area contributed by atoms with Gasteiger partial charge in [-0.2, -0.15) is 0 Å². The zero-order chi connectivity index (χ0) is 11.6. The average molecular weight is 224 g/mol. The molecule has 0 fully saturated rings. The zero-order valence-corrected chi connectivity index (χ0v) is 8.48. The summed E-state index contributed by atoms with van der Waals surface area (Å²) in [4.78, 5) is 26.7. The number of phosphoric acid groups is 1. The lowest BCUT2D eigenvalue weighted by molar-refractivity contribution is -0.138. The predicted octanol–water partition coefficient (Wildman–Crippen LogP) is 0.627. The summed E-state index contributed by atoms with van der Waals surface area (Å²) in [6.45, 7) is 8.56. The number of carbonyl (C=O) groups excluding carboxylic acids is 1. The number of hydrogen-bond acceptors (Lipinski definition) is 4. The van der Waals surface area contributed by atoms with Crippen LogP contribution in [0.25, 0.3) is 0 Å². The molecular weight excluding hydrogens is 211 g/mol. The molecule has 0 atom stereocenters. The Bertz CT molecular complexity index is 220. The van der Waals surface area contributed by atoms with Gasteiger partial charge in [-0.1, -0.05) is 6.58 Å². The molecule has 14 heavy (non-hydrogen) atoms. The lowest BCUT2D eigenvalue weighted by Crippen LogP contribution is -2.07. The summed E-state index contributed by atoms with van der Waals surface area (Å²) in [5.74, 6) is -0.663. The lowest BCUT2D eigenvalue weighted by atomic mass is 10.6. The van der Waals surface area contributed by atoms with Crippen LogP contribution in [0.15, 0.2) is 25.8 Å². The van der Waals surface area contributed by atoms with Gasteiger partial charge in [0.15, 0.2) is 0 Å². The molecule has 0 aromatic rings. The van der Waals surface area contributed by atoms with Gasteiger partial charge >= 0.3 is 13.8 Å². The highest BCUT2D eigenvalue weighted by Crippen LogP contribution is 2.35. The first-order valence-corrected chi connectivity index (χ1v) is 4.98. The summed E-state index contributed by atoms with van der Waals surface area (Å²) < 4.78 is 18.4. The lowest BCUT2D eigenvalue weighted by Gasteiger charge is -2.04. The van der Waals surface area contributed by atoms with E-state index in [1.165, 1.54) is 0 Å². The molecule has 82 valence electrons. The summed E-state index contributed by atoms with van der Waals surface area (Å²) in [6.07, 6.45) is 0.942. The molecule has 0 aromatic carbocycles. The van der Waals surface area contributed by atoms with Gasteiger partial charge < -0.3 is 14.5 Å². The van der Waals surface area contributed by atoms with E-state index in [0.29, 0.717) is 0 Å². The molecule has 0 aromatic heterocycles. The van der Waals surface area contributed by atoms with Crippen LogP contribution in [-0.4, -0.2) is 29.0 Å². The molecule has 0 radical (unpaired) electrons. The maximum Gasteiger partial charge on any atom is 0.469 e. The van der Waals surface area contributed by atoms with Crippen LogP contribution in [0.2, 0.25) is 0 Å². The van der Waals surface area contributed by atoms with Crippen molar-refractivity contribution < 1.29 is 28.4 Å². The van der Waals surface area contributed by atoms with Gasteiger partial charge in [-0.05, 0) is 0 Å². The van der Waals surface area contributed by atoms with Crippen LogP contribution in [0.4, 0.5) is 0 Å². The quantitative estimate of drug-likeness (QED) is 0.234. The van der Waals surface area contributed by atoms with E-state index in [0.717, 1.165) is 6.08 Å². The number of esters is 1. The number of ether oxygens (including phenoxy) is 1. The minimum atomic E-state index is -4.45. The minimum Gasteiger partial charge on any atom is -0.460 e. The Morgan fingerprint density at radius 2 is 1.86 bits per heavy atom. The van der Waals surface area contributed by atoms with Crippen molar-refractivity contribution >= 4 is 13.8 Å². The van der Waals surface area contributed by atoms with Crippen LogP contribution in [0.5, 0.6) is 0 Å². The second kappa shape index (κ2) is 8.65. The number of phosphoric ester groups is 1. The summed E-state index contributed by atoms with van der Waals surface area (Å²) in [5.41, 5.74) is 0. The summed E-state index contributed by atoms with van der Waals surface area (Å²) >= 11 is 0. The fraction of sp³-hybridized carbons (Fsp3) is 0.286. The molecule has 0 spiro atoms. The standard InChI is InChI=1S/C5H9O6P.C2H4/c1-2-5(6)10-3-4-11-12(7,8)9;1-2/h2H,1,3-4H2,(H2,7,8,9);1-2H2. The predicted molar refractivity (Wildman–Crippen MR) is 50.4 cm³/mol. The van der Waals surface area contributed by atoms with E-state index in [1.807, 2.05) is 0 Å². The molecule has 0 saturated heterocycles. The van der Waals surface area contributed by atoms with Crippen LogP contribution in [0, 0.1) is 0 Å². The third kappa shape index (κ3) is 13.6. The van der Waals surface area contributed by atoms with Gasteiger partial charge in [-0.25, -0.2) is 9.36 Å². The molecular formula is C7H13O6P. The van der Waals surface area contributed by atoms with E-state index in [1.54, 1.807) is 0 Å². The average Bonchev–Trinajstić information content (AvgIpc) is 2.14. The Morgan fingerprint density at radius 1 is 1.36 bits per heavy atom. The topological polar surface area (TPSA) is 93.1 Å². The van der Waals surface area contributed by atoms with Crippen molar-refractivity contribution in [2.24, 2.45) is 0 Å². The minimum absolute atomic E-state index is 0.212. The Morgan fingerprint density at radius 3 is 2.21 bits per heavy atom. The van der Waals surface area contributed by atoms with Crippen LogP contribution in [0.3, 0.4) is 0 Å². The maximum atomic E-state index is 10.3. The van der Waals surface area contributed by atoms with E-state index < -0.39 is 13.8 Å². The third-order valence-corrected chi connectivity index (χ3v) is 1.27. The highest BCUT2D eigenvalue weighted by atomic mass is 31.2. The fourth-order valence-corrected chi connectivity index (χ4v) is 0.670. The Labute approximate surface area is 82.1 Å². The second-order valence-electron chi connectivity index (χ2n) is 1.70. The maximum absolute atomic E-state index is 10.3. The smallest absolute Gasteiger partial charge is 0.460 e. The molecule has 0 heterocycles. The van der Waals surface area contributed by atoms with E-state index in [-0.39, 0.29) is 13.2 Å². The fourth-order valence-electron chi connectivity index (χ4n) is 0.357. The largest absolute Gasteiger partial charge is 0.469 e. The second-order valence-corrected chi connectivity index (χ2v) is 2.93. The Hall–Kier alpha value is -0.940. The zero-order valence-electron chi connectivity index (χ0n) is 7.59. The van der Waals surface area contributed by atoms with Crippen molar-refractivity contribution in [1.29, 1.82) is 0 Å². The van der Waals surface area contributed by atoms with E-state index in [2.05, 4.69) is 29.0 Å². The monoisotopic (exact) mass is 224 g/mol. The van der Waals surface area contributed by atoms with Gasteiger partial charge in [0.1, 0.15) is 6.61 Å². The van der Waals surface area contributed by atoms with Gasteiger partial charge in [0.05, 0.1) is 6.61 Å². The highest BCUT2D eigenvalue weighted by Gasteiger charge is 2.12. The number of hydrogen-bond donors (Lipinski definition) is 2. The van der Waals surface area contributed by atoms with Crippen LogP contribution >= 0.6 is 7.82 Å². The first-order chi connectivity index (χ1) is 6.45. The van der Waals surface area contributed by atoms with Crippen molar-refractivity contribution in [1.82, 2.24) is 0 Å². The molecule has 6 nitrogen and oxygen atoms in total. The van der Waals surface area contributed by atoms with Gasteiger partial charge in [0.2, 0.25) is 0 Å². The molecule has 0 aliphatic carbocycles. The van der Waals surface area contributed by atoms with Crippen molar-refractivity contribution in [2.45, 2.75) is 0 Å². The SMILES string of the molecule is C=C.C=CC(=O)OCCOP(=O)(O)O. The van der Waals surface area contributed by atoms with Crippen molar-refractivity contribution in [3.63, 3.8) is 0 Å². The Kier molecular flexibility index (Phi) is 9.59.